The van der Waals surface area contributed by atoms with Crippen LogP contribution in [0.25, 0.3) is 0 Å². The maximum Gasteiger partial charge on any atom is 0.174 e. The maximum atomic E-state index is 11.6. The van der Waals surface area contributed by atoms with Gasteiger partial charge in [-0.2, -0.15) is 0 Å². The minimum atomic E-state index is -1.43. The number of para-hydroxylation sites is 1. The first-order valence-electron chi connectivity index (χ1n) is 14.2. The van der Waals surface area contributed by atoms with Crippen molar-refractivity contribution >= 4 is 47.5 Å². The first-order chi connectivity index (χ1) is 19.3. The molecule has 1 heterocycles. The number of rotatable bonds is 9. The van der Waals surface area contributed by atoms with Crippen molar-refractivity contribution in [2.24, 2.45) is 11.8 Å². The first kappa shape index (κ1) is 34.7. The molecular weight excluding hydrogens is 559 g/mol. The summed E-state index contributed by atoms with van der Waals surface area (Å²) in [4.78, 5) is 27.2. The second-order valence-electron chi connectivity index (χ2n) is 10.8. The number of allylic oxidation sites excluding steroid dienone is 4. The Balaban J connectivity index is 0.000000286. The van der Waals surface area contributed by atoms with Crippen LogP contribution in [0.5, 0.6) is 0 Å². The maximum absolute atomic E-state index is 11.6. The Morgan fingerprint density at radius 3 is 2.44 bits per heavy atom. The molecule has 224 valence electrons. The molecule has 1 fully saturated rings. The number of Topliss-reactive ketones (excluding diaryl/α,β-unsaturated/α-hetero) is 1. The van der Waals surface area contributed by atoms with Crippen LogP contribution in [-0.2, 0) is 22.4 Å². The van der Waals surface area contributed by atoms with Crippen molar-refractivity contribution < 1.29 is 19.8 Å². The van der Waals surface area contributed by atoms with Gasteiger partial charge < -0.3 is 24.8 Å². The predicted octanol–water partition coefficient (Wildman–Crippen LogP) is 5.98. The van der Waals surface area contributed by atoms with Crippen LogP contribution in [0, 0.1) is 11.8 Å². The van der Waals surface area contributed by atoms with Crippen LogP contribution in [0.4, 0.5) is 11.4 Å². The van der Waals surface area contributed by atoms with Crippen molar-refractivity contribution in [2.45, 2.75) is 57.7 Å². The average Bonchev–Trinajstić information content (AvgIpc) is 3.09. The zero-order valence-corrected chi connectivity index (χ0v) is 25.9. The van der Waals surface area contributed by atoms with E-state index in [-0.39, 0.29) is 24.7 Å². The summed E-state index contributed by atoms with van der Waals surface area (Å²) in [6.07, 6.45) is 11.0. The highest BCUT2D eigenvalue weighted by Gasteiger charge is 2.41. The fraction of sp³-hybridized carbons (Fsp3) is 0.455. The molecule has 41 heavy (non-hydrogen) atoms. The van der Waals surface area contributed by atoms with E-state index in [1.165, 1.54) is 22.5 Å². The van der Waals surface area contributed by atoms with Gasteiger partial charge in [-0.3, -0.25) is 4.79 Å². The SMILES string of the molecule is CCCC=CC=CC1CC(O)C(O)C(=O)C1C=O.CN(C)CCCN1c2ccccc2CCc2ccc(Cl)cc21.Cl. The number of nitrogens with zero attached hydrogens (tertiary/aromatic N) is 2. The normalized spacial score (nSPS) is 22.0. The molecule has 0 aromatic heterocycles. The Labute approximate surface area is 256 Å². The molecule has 0 bridgehead atoms. The summed E-state index contributed by atoms with van der Waals surface area (Å²) < 4.78 is 0. The molecule has 2 aromatic rings. The highest BCUT2D eigenvalue weighted by Crippen LogP contribution is 2.37. The van der Waals surface area contributed by atoms with Gasteiger partial charge in [-0.15, -0.1) is 12.4 Å². The molecule has 2 aliphatic rings. The van der Waals surface area contributed by atoms with Gasteiger partial charge in [0.15, 0.2) is 5.78 Å². The number of anilines is 2. The van der Waals surface area contributed by atoms with Crippen LogP contribution in [0.1, 0.15) is 43.7 Å². The largest absolute Gasteiger partial charge is 0.390 e. The summed E-state index contributed by atoms with van der Waals surface area (Å²) in [5.41, 5.74) is 5.43. The number of ketones is 1. The summed E-state index contributed by atoms with van der Waals surface area (Å²) in [6.45, 7) is 4.19. The number of aryl methyl sites for hydroxylation is 2. The van der Waals surface area contributed by atoms with Gasteiger partial charge in [-0.25, -0.2) is 0 Å². The number of fused-ring (bicyclic) bond motifs is 2. The van der Waals surface area contributed by atoms with E-state index in [2.05, 4.69) is 67.2 Å². The van der Waals surface area contributed by atoms with Gasteiger partial charge in [0, 0.05) is 22.9 Å². The van der Waals surface area contributed by atoms with Crippen LogP contribution in [0.15, 0.2) is 66.8 Å². The number of aliphatic hydroxyl groups is 2. The van der Waals surface area contributed by atoms with E-state index in [1.54, 1.807) is 12.2 Å². The third-order valence-electron chi connectivity index (χ3n) is 7.44. The fourth-order valence-electron chi connectivity index (χ4n) is 5.24. The Kier molecular flexibility index (Phi) is 14.8. The molecule has 6 nitrogen and oxygen atoms in total. The highest BCUT2D eigenvalue weighted by atomic mass is 35.5. The van der Waals surface area contributed by atoms with E-state index >= 15 is 0 Å². The Hall–Kier alpha value is -2.48. The standard InChI is InChI=1S/C19H23ClN2.C14H20O4.ClH/c1-21(2)12-5-13-22-18-7-4-3-6-15(18)8-9-16-10-11-17(20)14-19(16)22;1-2-3-4-5-6-7-10-8-12(16)14(18)13(17)11(10)9-15;/h3-4,6-7,10-11,14H,5,8-9,12-13H2,1-2H3;4-7,9-12,14,16,18H,2-3,8H2,1H3;1H. The molecule has 1 aliphatic heterocycles. The number of aliphatic hydroxyl groups excluding tert-OH is 2. The molecule has 4 atom stereocenters. The second kappa shape index (κ2) is 17.5. The monoisotopic (exact) mass is 602 g/mol. The van der Waals surface area contributed by atoms with Crippen molar-refractivity contribution in [1.82, 2.24) is 4.90 Å². The lowest BCUT2D eigenvalue weighted by atomic mass is 9.76. The fourth-order valence-corrected chi connectivity index (χ4v) is 5.40. The molecule has 4 unspecified atom stereocenters. The average molecular weight is 604 g/mol. The minimum Gasteiger partial charge on any atom is -0.390 e. The number of benzene rings is 2. The van der Waals surface area contributed by atoms with Crippen molar-refractivity contribution in [3.8, 4) is 0 Å². The molecule has 4 rings (SSSR count). The van der Waals surface area contributed by atoms with Crippen molar-refractivity contribution in [3.63, 3.8) is 0 Å². The molecule has 0 radical (unpaired) electrons. The summed E-state index contributed by atoms with van der Waals surface area (Å²) in [6, 6.07) is 15.1. The molecule has 1 saturated carbocycles. The number of unbranched alkanes of at least 4 members (excludes halogenated alkanes) is 1. The number of carbonyl (C=O) groups excluding carboxylic acids is 2. The minimum absolute atomic E-state index is 0. The van der Waals surface area contributed by atoms with E-state index in [0.29, 0.717) is 6.29 Å². The lowest BCUT2D eigenvalue weighted by molar-refractivity contribution is -0.146. The summed E-state index contributed by atoms with van der Waals surface area (Å²) in [7, 11) is 4.25. The van der Waals surface area contributed by atoms with Crippen LogP contribution in [-0.4, -0.2) is 66.6 Å². The molecule has 2 N–H and O–H groups in total. The van der Waals surface area contributed by atoms with E-state index in [0.717, 1.165) is 50.2 Å². The van der Waals surface area contributed by atoms with Crippen LogP contribution < -0.4 is 4.90 Å². The number of hydrogen-bond acceptors (Lipinski definition) is 6. The lowest BCUT2D eigenvalue weighted by Gasteiger charge is -2.31. The molecule has 0 spiro atoms. The predicted molar refractivity (Wildman–Crippen MR) is 171 cm³/mol. The summed E-state index contributed by atoms with van der Waals surface area (Å²) in [5, 5.41) is 19.8. The van der Waals surface area contributed by atoms with Crippen molar-refractivity contribution in [1.29, 1.82) is 0 Å². The summed E-state index contributed by atoms with van der Waals surface area (Å²) >= 11 is 6.27. The zero-order chi connectivity index (χ0) is 29.1. The second-order valence-corrected chi connectivity index (χ2v) is 11.2. The zero-order valence-electron chi connectivity index (χ0n) is 24.3. The van der Waals surface area contributed by atoms with Crippen LogP contribution in [0.2, 0.25) is 5.02 Å². The lowest BCUT2D eigenvalue weighted by Crippen LogP contribution is -2.47. The smallest absolute Gasteiger partial charge is 0.174 e. The Morgan fingerprint density at radius 1 is 1.05 bits per heavy atom. The topological polar surface area (TPSA) is 81.1 Å². The van der Waals surface area contributed by atoms with Gasteiger partial charge in [0.25, 0.3) is 0 Å². The Bertz CT molecular complexity index is 1180. The Morgan fingerprint density at radius 2 is 1.76 bits per heavy atom. The summed E-state index contributed by atoms with van der Waals surface area (Å²) in [5.74, 6) is -1.77. The third kappa shape index (κ3) is 9.79. The van der Waals surface area contributed by atoms with Gasteiger partial charge in [0.2, 0.25) is 0 Å². The van der Waals surface area contributed by atoms with E-state index < -0.39 is 23.9 Å². The highest BCUT2D eigenvalue weighted by molar-refractivity contribution is 6.30. The third-order valence-corrected chi connectivity index (χ3v) is 7.67. The number of carbonyl (C=O) groups is 2. The van der Waals surface area contributed by atoms with Gasteiger partial charge >= 0.3 is 0 Å². The molecule has 2 aromatic carbocycles. The van der Waals surface area contributed by atoms with Gasteiger partial charge in [-0.05, 0) is 88.0 Å². The molecule has 1 aliphatic carbocycles. The van der Waals surface area contributed by atoms with Crippen molar-refractivity contribution in [3.05, 3.63) is 82.9 Å². The first-order valence-corrected chi connectivity index (χ1v) is 14.6. The molecule has 8 heteroatoms. The van der Waals surface area contributed by atoms with E-state index in [4.69, 9.17) is 11.6 Å². The van der Waals surface area contributed by atoms with Gasteiger partial charge in [0.05, 0.1) is 12.0 Å². The number of aldehydes is 1. The quantitative estimate of drug-likeness (QED) is 0.209. The van der Waals surface area contributed by atoms with Crippen LogP contribution in [0.3, 0.4) is 0 Å². The molecule has 0 saturated heterocycles. The van der Waals surface area contributed by atoms with Gasteiger partial charge in [0.1, 0.15) is 12.4 Å². The van der Waals surface area contributed by atoms with E-state index in [1.807, 2.05) is 18.2 Å². The van der Waals surface area contributed by atoms with E-state index in [9.17, 15) is 19.8 Å². The number of halogens is 2. The van der Waals surface area contributed by atoms with Crippen LogP contribution >= 0.6 is 24.0 Å². The van der Waals surface area contributed by atoms with Crippen molar-refractivity contribution in [2.75, 3.05) is 32.1 Å². The van der Waals surface area contributed by atoms with Gasteiger partial charge in [-0.1, -0.05) is 73.5 Å². The number of hydrogen-bond donors (Lipinski definition) is 2. The molecular formula is C33H44Cl2N2O4. The molecule has 0 amide bonds.